The van der Waals surface area contributed by atoms with Crippen LogP contribution < -0.4 is 4.74 Å². The minimum atomic E-state index is 0.396. The molecule has 0 atom stereocenters. The molecule has 5 rings (SSSR count). The second kappa shape index (κ2) is 14.2. The Morgan fingerprint density at radius 1 is 0.595 bits per heavy atom. The molecule has 4 fully saturated rings. The highest BCUT2D eigenvalue weighted by molar-refractivity contribution is 6.68. The number of ether oxygens (including phenoxy) is 1. The summed E-state index contributed by atoms with van der Waals surface area (Å²) in [7, 11) is 1.77. The van der Waals surface area contributed by atoms with Gasteiger partial charge >= 0.3 is 6.92 Å². The molecule has 1 aromatic carbocycles. The van der Waals surface area contributed by atoms with Crippen LogP contribution in [-0.4, -0.2) is 20.7 Å². The van der Waals surface area contributed by atoms with Gasteiger partial charge in [0.15, 0.2) is 6.71 Å². The summed E-state index contributed by atoms with van der Waals surface area (Å²) in [6.45, 7) is 1.07. The van der Waals surface area contributed by atoms with Gasteiger partial charge in [-0.1, -0.05) is 146 Å². The van der Waals surface area contributed by atoms with Crippen LogP contribution in [0.4, 0.5) is 0 Å². The van der Waals surface area contributed by atoms with Crippen LogP contribution in [0.15, 0.2) is 30.2 Å². The molecular formula is C33H52B2O2. The molecule has 0 spiro atoms. The first kappa shape index (κ1) is 27.3. The van der Waals surface area contributed by atoms with Gasteiger partial charge in [-0.3, -0.25) is 0 Å². The standard InChI is InChI=1S/C33H52B2O2/c1-36-32-24-22-27(23-25-32)33(26-34(28-14-6-2-7-15-28)29-16-8-3-9-17-29)37-35(30-18-10-4-11-19-30)31-20-12-5-13-21-31/h22-26,28-31H,2-21H2,1H3/b33-26-. The number of benzene rings is 1. The Labute approximate surface area is 228 Å². The molecule has 0 aromatic heterocycles. The first-order chi connectivity index (χ1) is 18.3. The fourth-order valence-electron chi connectivity index (χ4n) is 8.48. The van der Waals surface area contributed by atoms with Gasteiger partial charge in [0, 0.05) is 5.56 Å². The van der Waals surface area contributed by atoms with Crippen molar-refractivity contribution in [3.63, 3.8) is 0 Å². The molecule has 4 heteroatoms. The monoisotopic (exact) mass is 502 g/mol. The molecule has 0 bridgehead atoms. The second-order valence-corrected chi connectivity index (χ2v) is 13.0. The van der Waals surface area contributed by atoms with E-state index in [1.165, 1.54) is 140 Å². The van der Waals surface area contributed by atoms with Crippen molar-refractivity contribution in [3.05, 3.63) is 35.8 Å². The normalized spacial score (nSPS) is 23.5. The van der Waals surface area contributed by atoms with Gasteiger partial charge in [0.1, 0.15) is 5.75 Å². The fourth-order valence-corrected chi connectivity index (χ4v) is 8.48. The van der Waals surface area contributed by atoms with Crippen molar-refractivity contribution in [1.82, 2.24) is 0 Å². The maximum atomic E-state index is 7.42. The Hall–Kier alpha value is -1.31. The summed E-state index contributed by atoms with van der Waals surface area (Å²) in [5, 5.41) is 0. The van der Waals surface area contributed by atoms with E-state index >= 15 is 0 Å². The Morgan fingerprint density at radius 3 is 1.41 bits per heavy atom. The molecule has 0 N–H and O–H groups in total. The van der Waals surface area contributed by atoms with E-state index in [-0.39, 0.29) is 0 Å². The van der Waals surface area contributed by atoms with E-state index in [0.29, 0.717) is 13.6 Å². The lowest BCUT2D eigenvalue weighted by Crippen LogP contribution is -2.34. The van der Waals surface area contributed by atoms with Crippen LogP contribution >= 0.6 is 0 Å². The third-order valence-electron chi connectivity index (χ3n) is 10.6. The molecule has 202 valence electrons. The van der Waals surface area contributed by atoms with Crippen molar-refractivity contribution < 1.29 is 9.39 Å². The van der Waals surface area contributed by atoms with Gasteiger partial charge in [-0.05, 0) is 35.9 Å². The predicted octanol–water partition coefficient (Wildman–Crippen LogP) is 10.4. The maximum absolute atomic E-state index is 7.42. The topological polar surface area (TPSA) is 18.5 Å². The van der Waals surface area contributed by atoms with Crippen molar-refractivity contribution in [2.75, 3.05) is 7.11 Å². The highest BCUT2D eigenvalue weighted by atomic mass is 16.5. The summed E-state index contributed by atoms with van der Waals surface area (Å²) < 4.78 is 13.0. The van der Waals surface area contributed by atoms with E-state index < -0.39 is 0 Å². The molecule has 0 saturated heterocycles. The Morgan fingerprint density at radius 2 is 1.00 bits per heavy atom. The van der Waals surface area contributed by atoms with Crippen LogP contribution in [0, 0.1) is 0 Å². The predicted molar refractivity (Wildman–Crippen MR) is 161 cm³/mol. The van der Waals surface area contributed by atoms with Crippen molar-refractivity contribution in [1.29, 1.82) is 0 Å². The van der Waals surface area contributed by atoms with Gasteiger partial charge in [-0.25, -0.2) is 0 Å². The zero-order valence-corrected chi connectivity index (χ0v) is 23.8. The van der Waals surface area contributed by atoms with E-state index in [4.69, 9.17) is 9.39 Å². The maximum Gasteiger partial charge on any atom is 0.363 e. The largest absolute Gasteiger partial charge is 0.560 e. The van der Waals surface area contributed by atoms with Gasteiger partial charge in [0.2, 0.25) is 0 Å². The molecule has 0 amide bonds. The first-order valence-corrected chi connectivity index (χ1v) is 16.3. The molecule has 2 nitrogen and oxygen atoms in total. The Kier molecular flexibility index (Phi) is 10.5. The van der Waals surface area contributed by atoms with Crippen LogP contribution in [0.5, 0.6) is 5.75 Å². The summed E-state index contributed by atoms with van der Waals surface area (Å²) in [6, 6.07) is 8.81. The van der Waals surface area contributed by atoms with Gasteiger partial charge in [-0.15, -0.1) is 0 Å². The summed E-state index contributed by atoms with van der Waals surface area (Å²) in [4.78, 5) is 0. The molecule has 0 aliphatic heterocycles. The van der Waals surface area contributed by atoms with Gasteiger partial charge < -0.3 is 9.39 Å². The van der Waals surface area contributed by atoms with Gasteiger partial charge in [0.05, 0.1) is 12.9 Å². The van der Waals surface area contributed by atoms with Gasteiger partial charge in [-0.2, -0.15) is 0 Å². The summed E-state index contributed by atoms with van der Waals surface area (Å²) >= 11 is 0. The van der Waals surface area contributed by atoms with Crippen LogP contribution in [0.3, 0.4) is 0 Å². The van der Waals surface area contributed by atoms with Crippen molar-refractivity contribution in [2.24, 2.45) is 0 Å². The molecule has 4 aliphatic rings. The molecular weight excluding hydrogens is 450 g/mol. The Balaban J connectivity index is 1.49. The van der Waals surface area contributed by atoms with Crippen LogP contribution in [0.25, 0.3) is 5.76 Å². The molecule has 1 aromatic rings. The molecule has 4 aliphatic carbocycles. The van der Waals surface area contributed by atoms with E-state index in [0.717, 1.165) is 29.0 Å². The van der Waals surface area contributed by atoms with E-state index in [1.807, 2.05) is 0 Å². The zero-order valence-electron chi connectivity index (χ0n) is 23.8. The highest BCUT2D eigenvalue weighted by Crippen LogP contribution is 2.46. The van der Waals surface area contributed by atoms with Crippen molar-refractivity contribution in [2.45, 2.75) is 152 Å². The summed E-state index contributed by atoms with van der Waals surface area (Å²) in [5.41, 5.74) is 1.27. The minimum absolute atomic E-state index is 0.396. The Bertz CT molecular complexity index is 777. The fraction of sp³-hybridized carbons (Fsp3) is 0.758. The summed E-state index contributed by atoms with van der Waals surface area (Å²) in [6.07, 6.45) is 28.1. The van der Waals surface area contributed by atoms with E-state index in [2.05, 4.69) is 30.2 Å². The highest BCUT2D eigenvalue weighted by Gasteiger charge is 2.40. The van der Waals surface area contributed by atoms with Crippen LogP contribution in [-0.2, 0) is 4.65 Å². The van der Waals surface area contributed by atoms with Crippen LogP contribution in [0.2, 0.25) is 23.3 Å². The second-order valence-electron chi connectivity index (χ2n) is 13.0. The van der Waals surface area contributed by atoms with Crippen molar-refractivity contribution in [3.8, 4) is 5.75 Å². The number of rotatable bonds is 9. The lowest BCUT2D eigenvalue weighted by molar-refractivity contribution is 0.392. The minimum Gasteiger partial charge on any atom is -0.560 e. The third-order valence-corrected chi connectivity index (χ3v) is 10.6. The van der Waals surface area contributed by atoms with E-state index in [9.17, 15) is 0 Å². The smallest absolute Gasteiger partial charge is 0.363 e. The third kappa shape index (κ3) is 7.42. The lowest BCUT2D eigenvalue weighted by atomic mass is 9.30. The summed E-state index contributed by atoms with van der Waals surface area (Å²) in [5.74, 6) is 8.00. The quantitative estimate of drug-likeness (QED) is 0.247. The lowest BCUT2D eigenvalue weighted by Gasteiger charge is -2.37. The number of hydrogen-bond acceptors (Lipinski definition) is 2. The average molecular weight is 502 g/mol. The van der Waals surface area contributed by atoms with Gasteiger partial charge in [0.25, 0.3) is 0 Å². The molecule has 37 heavy (non-hydrogen) atoms. The zero-order chi connectivity index (χ0) is 25.3. The van der Waals surface area contributed by atoms with Crippen molar-refractivity contribution >= 4 is 19.4 Å². The van der Waals surface area contributed by atoms with Crippen LogP contribution in [0.1, 0.15) is 134 Å². The number of hydrogen-bond donors (Lipinski definition) is 0. The molecule has 4 saturated carbocycles. The average Bonchev–Trinajstić information content (AvgIpc) is 2.99. The molecule has 0 unspecified atom stereocenters. The number of methoxy groups -OCH3 is 1. The first-order valence-electron chi connectivity index (χ1n) is 16.3. The molecule has 0 heterocycles. The molecule has 0 radical (unpaired) electrons. The van der Waals surface area contributed by atoms with E-state index in [1.54, 1.807) is 7.11 Å². The SMILES string of the molecule is COc1ccc(/C(=C/B(C2CCCCC2)C2CCCCC2)OB(C2CCCCC2)C2CCCCC2)cc1.